The summed E-state index contributed by atoms with van der Waals surface area (Å²) in [6, 6.07) is 0. The number of aryl methyl sites for hydroxylation is 2. The fraction of sp³-hybridized carbons (Fsp3) is 0.714. The van der Waals surface area contributed by atoms with Gasteiger partial charge in [0.05, 0.1) is 11.3 Å². The van der Waals surface area contributed by atoms with Crippen molar-refractivity contribution in [2.45, 2.75) is 50.0 Å². The lowest BCUT2D eigenvalue weighted by Crippen LogP contribution is -2.32. The highest BCUT2D eigenvalue weighted by atomic mass is 32.2. The number of carbonyl (C=O) groups is 1. The summed E-state index contributed by atoms with van der Waals surface area (Å²) in [6.07, 6.45) is 3.67. The molecule has 1 aromatic rings. The van der Waals surface area contributed by atoms with Crippen molar-refractivity contribution in [2.24, 2.45) is 13.0 Å². The topological polar surface area (TPSA) is 52.0 Å². The molecule has 3 rings (SSSR count). The van der Waals surface area contributed by atoms with Crippen molar-refractivity contribution < 1.29 is 9.00 Å². The van der Waals surface area contributed by atoms with Crippen LogP contribution in [-0.4, -0.2) is 30.3 Å². The molecule has 19 heavy (non-hydrogen) atoms. The van der Waals surface area contributed by atoms with Crippen LogP contribution >= 0.6 is 0 Å². The minimum absolute atomic E-state index is 0.0526. The second kappa shape index (κ2) is 4.54. The molecular formula is C14H20N2O2S. The molecule has 1 aromatic heterocycles. The van der Waals surface area contributed by atoms with Crippen molar-refractivity contribution in [3.05, 3.63) is 17.0 Å². The molecule has 2 atom stereocenters. The maximum Gasteiger partial charge on any atom is 0.169 e. The molecule has 2 bridgehead atoms. The van der Waals surface area contributed by atoms with Crippen molar-refractivity contribution >= 4 is 16.6 Å². The summed E-state index contributed by atoms with van der Waals surface area (Å²) in [5.74, 6) is 0.272. The molecule has 0 aromatic carbocycles. The summed E-state index contributed by atoms with van der Waals surface area (Å²) in [6.45, 7) is 3.85. The van der Waals surface area contributed by atoms with Gasteiger partial charge in [-0.2, -0.15) is 5.10 Å². The second-order valence-electron chi connectivity index (χ2n) is 5.85. The van der Waals surface area contributed by atoms with E-state index in [1.807, 2.05) is 20.9 Å². The van der Waals surface area contributed by atoms with Gasteiger partial charge < -0.3 is 0 Å². The predicted octanol–water partition coefficient (Wildman–Crippen LogP) is 1.91. The van der Waals surface area contributed by atoms with Crippen LogP contribution in [0.2, 0.25) is 0 Å². The van der Waals surface area contributed by atoms with Gasteiger partial charge in [0.15, 0.2) is 5.78 Å². The third kappa shape index (κ3) is 1.98. The molecule has 3 heterocycles. The van der Waals surface area contributed by atoms with E-state index in [1.165, 1.54) is 0 Å². The zero-order chi connectivity index (χ0) is 13.7. The molecular weight excluding hydrogens is 260 g/mol. The molecule has 2 fully saturated rings. The van der Waals surface area contributed by atoms with Crippen LogP contribution in [0.15, 0.2) is 0 Å². The maximum atomic E-state index is 12.7. The number of ketones is 1. The second-order valence-corrected chi connectivity index (χ2v) is 7.84. The Morgan fingerprint density at radius 3 is 2.32 bits per heavy atom. The third-order valence-electron chi connectivity index (χ3n) is 4.69. The van der Waals surface area contributed by atoms with E-state index in [0.29, 0.717) is 0 Å². The van der Waals surface area contributed by atoms with Gasteiger partial charge >= 0.3 is 0 Å². The smallest absolute Gasteiger partial charge is 0.169 e. The summed E-state index contributed by atoms with van der Waals surface area (Å²) >= 11 is 0. The number of hydrogen-bond donors (Lipinski definition) is 0. The van der Waals surface area contributed by atoms with Gasteiger partial charge in [-0.05, 0) is 39.5 Å². The van der Waals surface area contributed by atoms with E-state index in [1.54, 1.807) is 4.68 Å². The van der Waals surface area contributed by atoms with Crippen LogP contribution in [0.25, 0.3) is 0 Å². The van der Waals surface area contributed by atoms with E-state index in [4.69, 9.17) is 0 Å². The van der Waals surface area contributed by atoms with Crippen LogP contribution in [0.4, 0.5) is 0 Å². The van der Waals surface area contributed by atoms with Gasteiger partial charge in [0.25, 0.3) is 0 Å². The molecule has 0 spiro atoms. The minimum Gasteiger partial charge on any atom is -0.294 e. The molecule has 0 N–H and O–H groups in total. The Morgan fingerprint density at radius 1 is 1.26 bits per heavy atom. The molecule has 104 valence electrons. The van der Waals surface area contributed by atoms with Gasteiger partial charge in [-0.1, -0.05) is 0 Å². The largest absolute Gasteiger partial charge is 0.294 e. The van der Waals surface area contributed by atoms with Crippen LogP contribution in [0, 0.1) is 19.8 Å². The van der Waals surface area contributed by atoms with Crippen molar-refractivity contribution in [1.29, 1.82) is 0 Å². The van der Waals surface area contributed by atoms with Crippen LogP contribution in [0.5, 0.6) is 0 Å². The van der Waals surface area contributed by atoms with Crippen LogP contribution in [0.1, 0.15) is 47.4 Å². The lowest BCUT2D eigenvalue weighted by atomic mass is 9.89. The SMILES string of the molecule is Cc1nn(C)c(C)c1C(=O)C1CC2CCC(C1)S2=O. The minimum atomic E-state index is -0.691. The van der Waals surface area contributed by atoms with Crippen molar-refractivity contribution in [3.8, 4) is 0 Å². The Bertz CT molecular complexity index is 548. The van der Waals surface area contributed by atoms with Gasteiger partial charge in [-0.3, -0.25) is 13.7 Å². The summed E-state index contributed by atoms with van der Waals surface area (Å²) in [4.78, 5) is 12.7. The molecule has 0 saturated carbocycles. The lowest BCUT2D eigenvalue weighted by Gasteiger charge is -2.26. The van der Waals surface area contributed by atoms with Gasteiger partial charge in [0.1, 0.15) is 0 Å². The first-order valence-corrected chi connectivity index (χ1v) is 8.20. The summed E-state index contributed by atoms with van der Waals surface area (Å²) in [5.41, 5.74) is 2.56. The number of fused-ring (bicyclic) bond motifs is 2. The molecule has 0 amide bonds. The standard InChI is InChI=1S/C14H20N2O2S/c1-8-13(9(2)16(3)15-8)14(17)10-6-11-4-5-12(7-10)19(11)18/h10-12H,4-7H2,1-3H3. The van der Waals surface area contributed by atoms with E-state index >= 15 is 0 Å². The van der Waals surface area contributed by atoms with E-state index in [2.05, 4.69) is 5.10 Å². The molecule has 0 radical (unpaired) electrons. The first-order chi connectivity index (χ1) is 8.99. The fourth-order valence-corrected chi connectivity index (χ4v) is 5.71. The third-order valence-corrected chi connectivity index (χ3v) is 6.86. The number of hydrogen-bond acceptors (Lipinski definition) is 3. The lowest BCUT2D eigenvalue weighted by molar-refractivity contribution is 0.0905. The summed E-state index contributed by atoms with van der Waals surface area (Å²) < 4.78 is 13.8. The van der Waals surface area contributed by atoms with E-state index in [-0.39, 0.29) is 22.2 Å². The predicted molar refractivity (Wildman–Crippen MR) is 74.7 cm³/mol. The highest BCUT2D eigenvalue weighted by molar-refractivity contribution is 7.86. The molecule has 2 aliphatic heterocycles. The van der Waals surface area contributed by atoms with Crippen molar-refractivity contribution in [2.75, 3.05) is 0 Å². The Labute approximate surface area is 116 Å². The quantitative estimate of drug-likeness (QED) is 0.778. The molecule has 2 unspecified atom stereocenters. The van der Waals surface area contributed by atoms with Crippen LogP contribution in [0.3, 0.4) is 0 Å². The van der Waals surface area contributed by atoms with Gasteiger partial charge in [0, 0.05) is 40.0 Å². The molecule has 5 heteroatoms. The maximum absolute atomic E-state index is 12.7. The summed E-state index contributed by atoms with van der Waals surface area (Å²) in [5, 5.41) is 4.84. The Balaban J connectivity index is 1.87. The number of nitrogens with zero attached hydrogens (tertiary/aromatic N) is 2. The zero-order valence-electron chi connectivity index (χ0n) is 11.7. The average molecular weight is 280 g/mol. The van der Waals surface area contributed by atoms with Crippen molar-refractivity contribution in [1.82, 2.24) is 9.78 Å². The normalized spacial score (nSPS) is 33.6. The molecule has 2 aliphatic rings. The van der Waals surface area contributed by atoms with Crippen LogP contribution in [-0.2, 0) is 17.8 Å². The first-order valence-electron chi connectivity index (χ1n) is 6.92. The number of carbonyl (C=O) groups excluding carboxylic acids is 1. The van der Waals surface area contributed by atoms with Gasteiger partial charge in [-0.25, -0.2) is 0 Å². The van der Waals surface area contributed by atoms with E-state index in [0.717, 1.165) is 42.6 Å². The van der Waals surface area contributed by atoms with Crippen LogP contribution < -0.4 is 0 Å². The molecule has 0 aliphatic carbocycles. The first kappa shape index (κ1) is 13.0. The monoisotopic (exact) mass is 280 g/mol. The van der Waals surface area contributed by atoms with E-state index in [9.17, 15) is 9.00 Å². The number of rotatable bonds is 2. The Kier molecular flexibility index (Phi) is 3.12. The molecule has 4 nitrogen and oxygen atoms in total. The Morgan fingerprint density at radius 2 is 1.84 bits per heavy atom. The number of Topliss-reactive ketones (excluding diaryl/α,β-unsaturated/α-hetero) is 1. The molecule has 2 saturated heterocycles. The van der Waals surface area contributed by atoms with Crippen molar-refractivity contribution in [3.63, 3.8) is 0 Å². The average Bonchev–Trinajstić information content (AvgIpc) is 2.74. The highest BCUT2D eigenvalue weighted by Gasteiger charge is 2.43. The van der Waals surface area contributed by atoms with Gasteiger partial charge in [0.2, 0.25) is 0 Å². The highest BCUT2D eigenvalue weighted by Crippen LogP contribution is 2.40. The fourth-order valence-electron chi connectivity index (χ4n) is 3.58. The zero-order valence-corrected chi connectivity index (χ0v) is 12.5. The Hall–Kier alpha value is -0.970. The number of aromatic nitrogens is 2. The van der Waals surface area contributed by atoms with Gasteiger partial charge in [-0.15, -0.1) is 0 Å². The van der Waals surface area contributed by atoms with E-state index < -0.39 is 10.8 Å². The summed E-state index contributed by atoms with van der Waals surface area (Å²) in [7, 11) is 1.18.